The summed E-state index contributed by atoms with van der Waals surface area (Å²) in [6.07, 6.45) is 0.807. The van der Waals surface area contributed by atoms with Crippen LogP contribution in [0.3, 0.4) is 0 Å². The van der Waals surface area contributed by atoms with Gasteiger partial charge in [0.25, 0.3) is 0 Å². The molecule has 0 saturated heterocycles. The van der Waals surface area contributed by atoms with E-state index in [1.54, 1.807) is 6.07 Å². The van der Waals surface area contributed by atoms with Crippen LogP contribution in [0.1, 0.15) is 24.9 Å². The summed E-state index contributed by atoms with van der Waals surface area (Å²) < 4.78 is 1.74. The minimum absolute atomic E-state index is 0.107. The zero-order valence-electron chi connectivity index (χ0n) is 7.22. The average Bonchev–Trinajstić information content (AvgIpc) is 2.10. The third kappa shape index (κ3) is 2.45. The van der Waals surface area contributed by atoms with Gasteiger partial charge < -0.3 is 10.8 Å². The Kier molecular flexibility index (Phi) is 3.76. The summed E-state index contributed by atoms with van der Waals surface area (Å²) in [7, 11) is 0. The maximum Gasteiger partial charge on any atom is 0.121 e. The van der Waals surface area contributed by atoms with Gasteiger partial charge in [0, 0.05) is 20.6 Å². The molecule has 0 aromatic heterocycles. The Morgan fingerprint density at radius 2 is 1.92 bits per heavy atom. The molecule has 0 aliphatic carbocycles. The molecule has 0 saturated carbocycles. The van der Waals surface area contributed by atoms with Crippen molar-refractivity contribution >= 4 is 31.9 Å². The minimum Gasteiger partial charge on any atom is -0.508 e. The second-order valence-corrected chi connectivity index (χ2v) is 4.55. The number of hydrogen-bond acceptors (Lipinski definition) is 2. The van der Waals surface area contributed by atoms with Crippen LogP contribution in [0.5, 0.6) is 5.75 Å². The maximum absolute atomic E-state index is 9.59. The highest BCUT2D eigenvalue weighted by atomic mass is 79.9. The Morgan fingerprint density at radius 1 is 1.38 bits per heavy atom. The SMILES string of the molecule is CC[C@@H](N)c1cc(Br)c(Br)cc1O. The number of aromatic hydroxyl groups is 1. The molecular formula is C9H11Br2NO. The van der Waals surface area contributed by atoms with E-state index >= 15 is 0 Å². The first kappa shape index (κ1) is 11.0. The van der Waals surface area contributed by atoms with Crippen molar-refractivity contribution in [2.24, 2.45) is 5.73 Å². The predicted octanol–water partition coefficient (Wildman–Crippen LogP) is 3.33. The van der Waals surface area contributed by atoms with Gasteiger partial charge in [-0.05, 0) is 50.4 Å². The monoisotopic (exact) mass is 307 g/mol. The van der Waals surface area contributed by atoms with Crippen LogP contribution in [-0.2, 0) is 0 Å². The Bertz CT molecular complexity index is 315. The summed E-state index contributed by atoms with van der Waals surface area (Å²) in [5.74, 6) is 0.240. The summed E-state index contributed by atoms with van der Waals surface area (Å²) in [5, 5.41) is 9.59. The molecule has 0 aliphatic heterocycles. The van der Waals surface area contributed by atoms with E-state index in [0.29, 0.717) is 0 Å². The number of phenolic OH excluding ortho intramolecular Hbond substituents is 1. The standard InChI is InChI=1S/C9H11Br2NO/c1-2-8(12)5-3-6(10)7(11)4-9(5)13/h3-4,8,13H,2,12H2,1H3/t8-/m1/s1. The molecule has 0 unspecified atom stereocenters. The van der Waals surface area contributed by atoms with E-state index in [0.717, 1.165) is 20.9 Å². The highest BCUT2D eigenvalue weighted by Gasteiger charge is 2.11. The average molecular weight is 309 g/mol. The zero-order valence-corrected chi connectivity index (χ0v) is 10.4. The third-order valence-corrected chi connectivity index (χ3v) is 3.75. The maximum atomic E-state index is 9.59. The van der Waals surface area contributed by atoms with Gasteiger partial charge in [-0.2, -0.15) is 0 Å². The van der Waals surface area contributed by atoms with Crippen molar-refractivity contribution in [3.05, 3.63) is 26.6 Å². The molecule has 1 aromatic rings. The summed E-state index contributed by atoms with van der Waals surface area (Å²) in [6.45, 7) is 1.99. The van der Waals surface area contributed by atoms with Crippen molar-refractivity contribution < 1.29 is 5.11 Å². The molecule has 2 nitrogen and oxygen atoms in total. The quantitative estimate of drug-likeness (QED) is 0.880. The van der Waals surface area contributed by atoms with Gasteiger partial charge >= 0.3 is 0 Å². The molecule has 0 fully saturated rings. The summed E-state index contributed by atoms with van der Waals surface area (Å²) >= 11 is 6.67. The van der Waals surface area contributed by atoms with Crippen molar-refractivity contribution in [1.29, 1.82) is 0 Å². The number of benzene rings is 1. The molecule has 13 heavy (non-hydrogen) atoms. The lowest BCUT2D eigenvalue weighted by Gasteiger charge is -2.12. The number of rotatable bonds is 2. The minimum atomic E-state index is -0.107. The molecule has 72 valence electrons. The van der Waals surface area contributed by atoms with Crippen molar-refractivity contribution in [2.45, 2.75) is 19.4 Å². The third-order valence-electron chi connectivity index (χ3n) is 1.91. The van der Waals surface area contributed by atoms with Gasteiger partial charge in [-0.1, -0.05) is 6.92 Å². The van der Waals surface area contributed by atoms with Crippen LogP contribution in [0, 0.1) is 0 Å². The van der Waals surface area contributed by atoms with Gasteiger partial charge in [-0.25, -0.2) is 0 Å². The molecule has 0 bridgehead atoms. The van der Waals surface area contributed by atoms with Crippen LogP contribution >= 0.6 is 31.9 Å². The zero-order chi connectivity index (χ0) is 10.0. The summed E-state index contributed by atoms with van der Waals surface area (Å²) in [4.78, 5) is 0. The first-order valence-corrected chi connectivity index (χ1v) is 5.58. The fourth-order valence-electron chi connectivity index (χ4n) is 1.07. The van der Waals surface area contributed by atoms with Gasteiger partial charge in [0.2, 0.25) is 0 Å². The first-order chi connectivity index (χ1) is 6.06. The molecule has 1 aromatic carbocycles. The van der Waals surface area contributed by atoms with E-state index < -0.39 is 0 Å². The Hall–Kier alpha value is -0.0600. The molecule has 0 aliphatic rings. The fraction of sp³-hybridized carbons (Fsp3) is 0.333. The van der Waals surface area contributed by atoms with Crippen LogP contribution in [0.4, 0.5) is 0 Å². The van der Waals surface area contributed by atoms with Crippen LogP contribution in [0.25, 0.3) is 0 Å². The molecule has 0 amide bonds. The lowest BCUT2D eigenvalue weighted by atomic mass is 10.0. The van der Waals surface area contributed by atoms with Gasteiger partial charge in [-0.15, -0.1) is 0 Å². The highest BCUT2D eigenvalue weighted by Crippen LogP contribution is 2.33. The summed E-state index contributed by atoms with van der Waals surface area (Å²) in [5.41, 5.74) is 6.59. The highest BCUT2D eigenvalue weighted by molar-refractivity contribution is 9.13. The molecule has 1 atom stereocenters. The van der Waals surface area contributed by atoms with Crippen LogP contribution < -0.4 is 5.73 Å². The van der Waals surface area contributed by atoms with E-state index in [4.69, 9.17) is 5.73 Å². The van der Waals surface area contributed by atoms with E-state index in [1.807, 2.05) is 13.0 Å². The fourth-order valence-corrected chi connectivity index (χ4v) is 1.76. The largest absolute Gasteiger partial charge is 0.508 e. The van der Waals surface area contributed by atoms with Crippen molar-refractivity contribution in [1.82, 2.24) is 0 Å². The van der Waals surface area contributed by atoms with Gasteiger partial charge in [-0.3, -0.25) is 0 Å². The van der Waals surface area contributed by atoms with E-state index in [1.165, 1.54) is 0 Å². The molecule has 0 radical (unpaired) electrons. The Morgan fingerprint density at radius 3 is 2.46 bits per heavy atom. The number of hydrogen-bond donors (Lipinski definition) is 2. The number of phenols is 1. The molecule has 3 N–H and O–H groups in total. The molecule has 0 spiro atoms. The van der Waals surface area contributed by atoms with E-state index in [2.05, 4.69) is 31.9 Å². The molecule has 0 heterocycles. The van der Waals surface area contributed by atoms with E-state index in [9.17, 15) is 5.11 Å². The predicted molar refractivity (Wildman–Crippen MR) is 60.7 cm³/mol. The Labute approximate surface area is 94.4 Å². The van der Waals surface area contributed by atoms with Gasteiger partial charge in [0.15, 0.2) is 0 Å². The van der Waals surface area contributed by atoms with Crippen LogP contribution in [0.2, 0.25) is 0 Å². The van der Waals surface area contributed by atoms with Crippen molar-refractivity contribution in [3.63, 3.8) is 0 Å². The van der Waals surface area contributed by atoms with E-state index in [-0.39, 0.29) is 11.8 Å². The first-order valence-electron chi connectivity index (χ1n) is 3.99. The normalized spacial score (nSPS) is 12.9. The molecule has 1 rings (SSSR count). The van der Waals surface area contributed by atoms with Crippen molar-refractivity contribution in [3.8, 4) is 5.75 Å². The van der Waals surface area contributed by atoms with Gasteiger partial charge in [0.1, 0.15) is 5.75 Å². The molecular weight excluding hydrogens is 298 g/mol. The van der Waals surface area contributed by atoms with Gasteiger partial charge in [0.05, 0.1) is 0 Å². The lowest BCUT2D eigenvalue weighted by molar-refractivity contribution is 0.459. The summed E-state index contributed by atoms with van der Waals surface area (Å²) in [6, 6.07) is 3.38. The van der Waals surface area contributed by atoms with Crippen LogP contribution in [-0.4, -0.2) is 5.11 Å². The van der Waals surface area contributed by atoms with Crippen LogP contribution in [0.15, 0.2) is 21.1 Å². The van der Waals surface area contributed by atoms with Crippen molar-refractivity contribution in [2.75, 3.05) is 0 Å². The number of halogens is 2. The smallest absolute Gasteiger partial charge is 0.121 e. The lowest BCUT2D eigenvalue weighted by Crippen LogP contribution is -2.08. The Balaban J connectivity index is 3.15. The second kappa shape index (κ2) is 4.44. The topological polar surface area (TPSA) is 46.2 Å². The second-order valence-electron chi connectivity index (χ2n) is 2.84. The number of nitrogens with two attached hydrogens (primary N) is 1. The molecule has 4 heteroatoms.